The van der Waals surface area contributed by atoms with E-state index in [1.165, 1.54) is 0 Å². The molecule has 0 saturated carbocycles. The molecule has 1 rings (SSSR count). The third-order valence-electron chi connectivity index (χ3n) is 3.47. The van der Waals surface area contributed by atoms with E-state index < -0.39 is 18.3 Å². The van der Waals surface area contributed by atoms with Gasteiger partial charge in [0.15, 0.2) is 6.29 Å². The van der Waals surface area contributed by atoms with Crippen LogP contribution in [0.1, 0.15) is 20.8 Å². The SMILES string of the molecule is C[C@@H]([C@H](C)[C@@H](C)C1OC1O)[C@H](O)C(N)=O. The molecular weight excluding hydrogens is 198 g/mol. The summed E-state index contributed by atoms with van der Waals surface area (Å²) in [5, 5.41) is 18.6. The van der Waals surface area contributed by atoms with Crippen LogP contribution in [0.2, 0.25) is 0 Å². The van der Waals surface area contributed by atoms with E-state index in [4.69, 9.17) is 15.6 Å². The first kappa shape index (κ1) is 12.4. The number of epoxide rings is 1. The van der Waals surface area contributed by atoms with Gasteiger partial charge >= 0.3 is 0 Å². The van der Waals surface area contributed by atoms with Gasteiger partial charge in [-0.25, -0.2) is 0 Å². The van der Waals surface area contributed by atoms with Gasteiger partial charge in [-0.15, -0.1) is 0 Å². The molecule has 6 atom stereocenters. The highest BCUT2D eigenvalue weighted by Crippen LogP contribution is 2.35. The lowest BCUT2D eigenvalue weighted by Crippen LogP contribution is -2.39. The number of ether oxygens (including phenoxy) is 1. The Kier molecular flexibility index (Phi) is 3.70. The quantitative estimate of drug-likeness (QED) is 0.539. The molecule has 0 aromatic heterocycles. The fraction of sp³-hybridized carbons (Fsp3) is 0.900. The zero-order chi connectivity index (χ0) is 11.7. The van der Waals surface area contributed by atoms with Gasteiger partial charge in [-0.1, -0.05) is 20.8 Å². The van der Waals surface area contributed by atoms with Gasteiger partial charge in [-0.05, 0) is 17.8 Å². The lowest BCUT2D eigenvalue weighted by atomic mass is 9.80. The zero-order valence-electron chi connectivity index (χ0n) is 9.25. The summed E-state index contributed by atoms with van der Waals surface area (Å²) in [6.07, 6.45) is -2.01. The van der Waals surface area contributed by atoms with Crippen LogP contribution in [0.25, 0.3) is 0 Å². The Hall–Kier alpha value is -0.650. The molecule has 1 aliphatic heterocycles. The number of carbonyl (C=O) groups excluding carboxylic acids is 1. The Morgan fingerprint density at radius 1 is 1.33 bits per heavy atom. The van der Waals surface area contributed by atoms with Crippen molar-refractivity contribution in [3.63, 3.8) is 0 Å². The highest BCUT2D eigenvalue weighted by molar-refractivity contribution is 5.78. The van der Waals surface area contributed by atoms with Crippen molar-refractivity contribution in [2.75, 3.05) is 0 Å². The molecule has 0 radical (unpaired) electrons. The molecule has 5 heteroatoms. The first-order valence-corrected chi connectivity index (χ1v) is 5.17. The maximum absolute atomic E-state index is 10.8. The van der Waals surface area contributed by atoms with Crippen molar-refractivity contribution in [2.45, 2.75) is 39.3 Å². The Labute approximate surface area is 89.2 Å². The number of rotatable bonds is 5. The fourth-order valence-electron chi connectivity index (χ4n) is 1.82. The largest absolute Gasteiger partial charge is 0.383 e. The van der Waals surface area contributed by atoms with Gasteiger partial charge in [-0.3, -0.25) is 4.79 Å². The van der Waals surface area contributed by atoms with E-state index >= 15 is 0 Å². The molecule has 0 aromatic carbocycles. The number of carbonyl (C=O) groups is 1. The van der Waals surface area contributed by atoms with E-state index in [0.717, 1.165) is 0 Å². The molecular formula is C10H19NO4. The Balaban J connectivity index is 2.51. The van der Waals surface area contributed by atoms with Gasteiger partial charge in [0.1, 0.15) is 12.2 Å². The van der Waals surface area contributed by atoms with Crippen molar-refractivity contribution in [3.05, 3.63) is 0 Å². The third kappa shape index (κ3) is 2.68. The summed E-state index contributed by atoms with van der Waals surface area (Å²) in [5.41, 5.74) is 5.02. The predicted octanol–water partition coefficient (Wildman–Crippen LogP) is -0.542. The normalized spacial score (nSPS) is 32.9. The van der Waals surface area contributed by atoms with Crippen LogP contribution in [0.5, 0.6) is 0 Å². The van der Waals surface area contributed by atoms with Crippen molar-refractivity contribution in [2.24, 2.45) is 23.5 Å². The van der Waals surface area contributed by atoms with Crippen LogP contribution < -0.4 is 5.73 Å². The van der Waals surface area contributed by atoms with E-state index in [0.29, 0.717) is 0 Å². The molecule has 2 unspecified atom stereocenters. The maximum Gasteiger partial charge on any atom is 0.246 e. The number of nitrogens with two attached hydrogens (primary N) is 1. The predicted molar refractivity (Wildman–Crippen MR) is 53.6 cm³/mol. The van der Waals surface area contributed by atoms with Gasteiger partial charge < -0.3 is 20.7 Å². The summed E-state index contributed by atoms with van der Waals surface area (Å²) < 4.78 is 4.95. The molecule has 0 spiro atoms. The maximum atomic E-state index is 10.8. The van der Waals surface area contributed by atoms with Crippen LogP contribution in [-0.2, 0) is 9.53 Å². The summed E-state index contributed by atoms with van der Waals surface area (Å²) in [6.45, 7) is 5.61. The minimum absolute atomic E-state index is 0.0506. The van der Waals surface area contributed by atoms with Crippen molar-refractivity contribution in [3.8, 4) is 0 Å². The zero-order valence-corrected chi connectivity index (χ0v) is 9.25. The lowest BCUT2D eigenvalue weighted by molar-refractivity contribution is -0.129. The number of primary amides is 1. The van der Waals surface area contributed by atoms with Crippen LogP contribution in [0.15, 0.2) is 0 Å². The van der Waals surface area contributed by atoms with E-state index in [2.05, 4.69) is 0 Å². The summed E-state index contributed by atoms with van der Waals surface area (Å²) in [6, 6.07) is 0. The molecule has 1 heterocycles. The molecule has 4 N–H and O–H groups in total. The molecule has 1 aliphatic rings. The van der Waals surface area contributed by atoms with E-state index in [1.54, 1.807) is 6.92 Å². The number of aliphatic hydroxyl groups is 2. The molecule has 0 aromatic rings. The van der Waals surface area contributed by atoms with Crippen LogP contribution in [-0.4, -0.2) is 34.6 Å². The minimum atomic E-state index is -1.14. The summed E-state index contributed by atoms with van der Waals surface area (Å²) in [4.78, 5) is 10.8. The molecule has 1 amide bonds. The smallest absolute Gasteiger partial charge is 0.246 e. The van der Waals surface area contributed by atoms with Gasteiger partial charge in [0, 0.05) is 0 Å². The fourth-order valence-corrected chi connectivity index (χ4v) is 1.82. The number of aliphatic hydroxyl groups excluding tert-OH is 2. The Morgan fingerprint density at radius 2 is 1.80 bits per heavy atom. The second kappa shape index (κ2) is 4.47. The van der Waals surface area contributed by atoms with Crippen LogP contribution >= 0.6 is 0 Å². The number of hydrogen-bond acceptors (Lipinski definition) is 4. The first-order chi connectivity index (χ1) is 6.86. The van der Waals surface area contributed by atoms with Crippen LogP contribution in [0, 0.1) is 17.8 Å². The van der Waals surface area contributed by atoms with Crippen LogP contribution in [0.4, 0.5) is 0 Å². The average Bonchev–Trinajstić information content (AvgIpc) is 2.90. The Bertz CT molecular complexity index is 246. The standard InChI is InChI=1S/C10H19NO4/c1-4(5(2)7(12)9(11)13)6(3)8-10(14)15-8/h4-8,10,12,14H,1-3H3,(H2,11,13)/t4-,5-,6+,7-,8?,10?/m0/s1. The molecule has 5 nitrogen and oxygen atoms in total. The van der Waals surface area contributed by atoms with Gasteiger partial charge in [0.25, 0.3) is 0 Å². The second-order valence-electron chi connectivity index (χ2n) is 4.42. The summed E-state index contributed by atoms with van der Waals surface area (Å²) in [5.74, 6) is -0.814. The van der Waals surface area contributed by atoms with Crippen molar-refractivity contribution < 1.29 is 19.7 Å². The molecule has 1 saturated heterocycles. The molecule has 88 valence electrons. The molecule has 1 fully saturated rings. The van der Waals surface area contributed by atoms with E-state index in [9.17, 15) is 9.90 Å². The van der Waals surface area contributed by atoms with Gasteiger partial charge in [-0.2, -0.15) is 0 Å². The van der Waals surface area contributed by atoms with Crippen molar-refractivity contribution >= 4 is 5.91 Å². The van der Waals surface area contributed by atoms with E-state index in [1.807, 2.05) is 13.8 Å². The minimum Gasteiger partial charge on any atom is -0.383 e. The van der Waals surface area contributed by atoms with Crippen molar-refractivity contribution in [1.82, 2.24) is 0 Å². The second-order valence-corrected chi connectivity index (χ2v) is 4.42. The van der Waals surface area contributed by atoms with Crippen molar-refractivity contribution in [1.29, 1.82) is 0 Å². The average molecular weight is 217 g/mol. The number of hydrogen-bond donors (Lipinski definition) is 3. The highest BCUT2D eigenvalue weighted by atomic mass is 16.7. The summed E-state index contributed by atoms with van der Waals surface area (Å²) in [7, 11) is 0. The first-order valence-electron chi connectivity index (χ1n) is 5.17. The monoisotopic (exact) mass is 217 g/mol. The molecule has 15 heavy (non-hydrogen) atoms. The Morgan fingerprint density at radius 3 is 2.13 bits per heavy atom. The number of amides is 1. The van der Waals surface area contributed by atoms with Crippen LogP contribution in [0.3, 0.4) is 0 Å². The third-order valence-corrected chi connectivity index (χ3v) is 3.47. The topological polar surface area (TPSA) is 96.1 Å². The lowest BCUT2D eigenvalue weighted by Gasteiger charge is -2.27. The summed E-state index contributed by atoms with van der Waals surface area (Å²) >= 11 is 0. The highest BCUT2D eigenvalue weighted by Gasteiger charge is 2.45. The molecule has 0 aliphatic carbocycles. The molecule has 0 bridgehead atoms. The van der Waals surface area contributed by atoms with E-state index in [-0.39, 0.29) is 23.9 Å². The van der Waals surface area contributed by atoms with Gasteiger partial charge in [0.05, 0.1) is 0 Å². The van der Waals surface area contributed by atoms with Gasteiger partial charge in [0.2, 0.25) is 5.91 Å².